The van der Waals surface area contributed by atoms with Gasteiger partial charge in [-0.15, -0.1) is 0 Å². The van der Waals surface area contributed by atoms with Crippen LogP contribution in [0.15, 0.2) is 0 Å². The normalized spacial score (nSPS) is 26.4. The van der Waals surface area contributed by atoms with Crippen molar-refractivity contribution in [2.75, 3.05) is 18.6 Å². The zero-order valence-corrected chi connectivity index (χ0v) is 13.4. The number of ether oxygens (including phenoxy) is 2. The Hall–Kier alpha value is -0.460. The molecule has 0 aromatic rings. The molecule has 6 heteroatoms. The van der Waals surface area contributed by atoms with Gasteiger partial charge in [0, 0.05) is 11.3 Å². The second-order valence-electron chi connectivity index (χ2n) is 6.23. The Labute approximate surface area is 119 Å². The number of rotatable bonds is 4. The summed E-state index contributed by atoms with van der Waals surface area (Å²) in [5.41, 5.74) is -0.453. The minimum atomic E-state index is -0.927. The maximum atomic E-state index is 11.4. The van der Waals surface area contributed by atoms with Gasteiger partial charge in [0.2, 0.25) is 0 Å². The average Bonchev–Trinajstić information content (AvgIpc) is 2.48. The third-order valence-electron chi connectivity index (χ3n) is 3.02. The highest BCUT2D eigenvalue weighted by Crippen LogP contribution is 2.31. The van der Waals surface area contributed by atoms with E-state index in [4.69, 9.17) is 9.47 Å². The van der Waals surface area contributed by atoms with E-state index in [1.807, 2.05) is 40.9 Å². The largest absolute Gasteiger partial charge is 0.465 e. The first-order valence-electron chi connectivity index (χ1n) is 6.42. The van der Waals surface area contributed by atoms with E-state index in [9.17, 15) is 9.90 Å². The molecule has 1 saturated heterocycles. The van der Waals surface area contributed by atoms with E-state index < -0.39 is 17.4 Å². The molecule has 5 nitrogen and oxygen atoms in total. The average molecular weight is 291 g/mol. The van der Waals surface area contributed by atoms with E-state index in [1.165, 1.54) is 4.90 Å². The van der Waals surface area contributed by atoms with Crippen LogP contribution in [-0.4, -0.2) is 58.2 Å². The van der Waals surface area contributed by atoms with Crippen LogP contribution >= 0.6 is 11.8 Å². The zero-order chi connectivity index (χ0) is 14.8. The van der Waals surface area contributed by atoms with Gasteiger partial charge in [0.25, 0.3) is 0 Å². The van der Waals surface area contributed by atoms with Crippen LogP contribution in [0.4, 0.5) is 4.79 Å². The van der Waals surface area contributed by atoms with Gasteiger partial charge < -0.3 is 19.5 Å². The van der Waals surface area contributed by atoms with Gasteiger partial charge in [0.15, 0.2) is 5.79 Å². The van der Waals surface area contributed by atoms with E-state index in [0.717, 1.165) is 5.75 Å². The molecule has 0 saturated carbocycles. The van der Waals surface area contributed by atoms with Crippen LogP contribution in [0.5, 0.6) is 0 Å². The fourth-order valence-corrected chi connectivity index (χ4v) is 2.80. The van der Waals surface area contributed by atoms with Gasteiger partial charge in [-0.05, 0) is 40.9 Å². The van der Waals surface area contributed by atoms with Crippen molar-refractivity contribution < 1.29 is 19.4 Å². The second-order valence-corrected chi connectivity index (χ2v) is 7.14. The number of amides is 1. The third-order valence-corrected chi connectivity index (χ3v) is 3.68. The maximum Gasteiger partial charge on any atom is 0.407 e. The lowest BCUT2D eigenvalue weighted by Crippen LogP contribution is -2.50. The topological polar surface area (TPSA) is 59.0 Å². The summed E-state index contributed by atoms with van der Waals surface area (Å²) in [5, 5.41) is 9.34. The molecule has 0 aromatic heterocycles. The lowest BCUT2D eigenvalue weighted by Gasteiger charge is -2.35. The van der Waals surface area contributed by atoms with Crippen LogP contribution < -0.4 is 0 Å². The van der Waals surface area contributed by atoms with E-state index in [2.05, 4.69) is 0 Å². The molecule has 0 unspecified atom stereocenters. The highest BCUT2D eigenvalue weighted by Gasteiger charge is 2.43. The third kappa shape index (κ3) is 4.54. The molecule has 0 spiro atoms. The summed E-state index contributed by atoms with van der Waals surface area (Å²) in [6.45, 7) is 9.70. The highest BCUT2D eigenvalue weighted by molar-refractivity contribution is 7.98. The SMILES string of the molecule is CSC[C@@H]1OC(C)(C)O[C@H]1CN(C(=O)O)C(C)(C)C. The van der Waals surface area contributed by atoms with E-state index in [1.54, 1.807) is 11.8 Å². The molecule has 2 atom stereocenters. The molecule has 0 aliphatic carbocycles. The van der Waals surface area contributed by atoms with Crippen molar-refractivity contribution in [2.24, 2.45) is 0 Å². The van der Waals surface area contributed by atoms with Gasteiger partial charge in [-0.2, -0.15) is 11.8 Å². The van der Waals surface area contributed by atoms with E-state index in [0.29, 0.717) is 6.54 Å². The smallest absolute Gasteiger partial charge is 0.407 e. The lowest BCUT2D eigenvalue weighted by atomic mass is 10.1. The molecule has 1 amide bonds. The van der Waals surface area contributed by atoms with E-state index in [-0.39, 0.29) is 12.2 Å². The summed E-state index contributed by atoms with van der Waals surface area (Å²) in [6.07, 6.45) is 0.778. The summed E-state index contributed by atoms with van der Waals surface area (Å²) in [6, 6.07) is 0. The second kappa shape index (κ2) is 5.89. The Morgan fingerprint density at radius 3 is 2.26 bits per heavy atom. The Kier molecular flexibility index (Phi) is 5.15. The predicted molar refractivity (Wildman–Crippen MR) is 76.7 cm³/mol. The van der Waals surface area contributed by atoms with Crippen LogP contribution in [0.3, 0.4) is 0 Å². The highest BCUT2D eigenvalue weighted by atomic mass is 32.2. The molecule has 112 valence electrons. The fraction of sp³-hybridized carbons (Fsp3) is 0.923. The first-order chi connectivity index (χ1) is 8.57. The summed E-state index contributed by atoms with van der Waals surface area (Å²) in [5.74, 6) is 0.152. The van der Waals surface area contributed by atoms with Crippen molar-refractivity contribution in [3.8, 4) is 0 Å². The quantitative estimate of drug-likeness (QED) is 0.863. The van der Waals surface area contributed by atoms with Crippen molar-refractivity contribution in [3.05, 3.63) is 0 Å². The lowest BCUT2D eigenvalue weighted by molar-refractivity contribution is -0.146. The van der Waals surface area contributed by atoms with Gasteiger partial charge in [-0.25, -0.2) is 4.79 Å². The molecular weight excluding hydrogens is 266 g/mol. The summed E-state index contributed by atoms with van der Waals surface area (Å²) in [7, 11) is 0. The maximum absolute atomic E-state index is 11.4. The first kappa shape index (κ1) is 16.6. The minimum Gasteiger partial charge on any atom is -0.465 e. The van der Waals surface area contributed by atoms with Crippen molar-refractivity contribution in [1.82, 2.24) is 4.90 Å². The monoisotopic (exact) mass is 291 g/mol. The number of carboxylic acid groups (broad SMARTS) is 1. The number of hydrogen-bond donors (Lipinski definition) is 1. The summed E-state index contributed by atoms with van der Waals surface area (Å²) < 4.78 is 11.7. The van der Waals surface area contributed by atoms with Crippen molar-refractivity contribution >= 4 is 17.9 Å². The molecule has 0 aromatic carbocycles. The van der Waals surface area contributed by atoms with E-state index >= 15 is 0 Å². The van der Waals surface area contributed by atoms with Crippen LogP contribution in [0, 0.1) is 0 Å². The molecule has 1 aliphatic heterocycles. The molecule has 1 aliphatic rings. The summed E-state index contributed by atoms with van der Waals surface area (Å²) in [4.78, 5) is 12.8. The van der Waals surface area contributed by atoms with Crippen molar-refractivity contribution in [3.63, 3.8) is 0 Å². The Morgan fingerprint density at radius 2 is 1.84 bits per heavy atom. The van der Waals surface area contributed by atoms with Gasteiger partial charge in [-0.1, -0.05) is 0 Å². The molecule has 1 rings (SSSR count). The minimum absolute atomic E-state index is 0.0748. The number of carbonyl (C=O) groups is 1. The molecule has 1 fully saturated rings. The standard InChI is InChI=1S/C13H25NO4S/c1-12(2,3)14(11(15)16)7-9-10(8-19-6)18-13(4,5)17-9/h9-10H,7-8H2,1-6H3,(H,15,16)/t9-,10-/m0/s1. The molecule has 19 heavy (non-hydrogen) atoms. The Bertz CT molecular complexity index is 327. The molecule has 1 N–H and O–H groups in total. The van der Waals surface area contributed by atoms with Crippen LogP contribution in [0.1, 0.15) is 34.6 Å². The predicted octanol–water partition coefficient (Wildman–Crippen LogP) is 2.65. The summed E-state index contributed by atoms with van der Waals surface area (Å²) >= 11 is 1.68. The fourth-order valence-electron chi connectivity index (χ4n) is 2.19. The molecule has 0 bridgehead atoms. The van der Waals surface area contributed by atoms with Gasteiger partial charge in [-0.3, -0.25) is 0 Å². The van der Waals surface area contributed by atoms with Gasteiger partial charge in [0.1, 0.15) is 6.10 Å². The van der Waals surface area contributed by atoms with Gasteiger partial charge in [0.05, 0.1) is 12.6 Å². The van der Waals surface area contributed by atoms with Crippen LogP contribution in [0.25, 0.3) is 0 Å². The Morgan fingerprint density at radius 1 is 1.32 bits per heavy atom. The van der Waals surface area contributed by atoms with Crippen molar-refractivity contribution in [1.29, 1.82) is 0 Å². The van der Waals surface area contributed by atoms with Gasteiger partial charge >= 0.3 is 6.09 Å². The zero-order valence-electron chi connectivity index (χ0n) is 12.6. The van der Waals surface area contributed by atoms with Crippen LogP contribution in [0.2, 0.25) is 0 Å². The first-order valence-corrected chi connectivity index (χ1v) is 7.81. The molecular formula is C13H25NO4S. The number of nitrogens with zero attached hydrogens (tertiary/aromatic N) is 1. The Balaban J connectivity index is 2.80. The van der Waals surface area contributed by atoms with Crippen molar-refractivity contribution in [2.45, 2.75) is 58.2 Å². The molecule has 1 heterocycles. The molecule has 0 radical (unpaired) electrons. The van der Waals surface area contributed by atoms with Crippen LogP contribution in [-0.2, 0) is 9.47 Å². The number of thioether (sulfide) groups is 1. The number of hydrogen-bond acceptors (Lipinski definition) is 4.